The second-order valence-corrected chi connectivity index (χ2v) is 4.63. The Bertz CT molecular complexity index is 340. The second kappa shape index (κ2) is 6.12. The Hall–Kier alpha value is -0.940. The molecule has 0 radical (unpaired) electrons. The minimum absolute atomic E-state index is 0.354. The van der Waals surface area contributed by atoms with Gasteiger partial charge in [0.05, 0.1) is 0 Å². The number of ether oxygens (including phenoxy) is 1. The summed E-state index contributed by atoms with van der Waals surface area (Å²) < 4.78 is 10.7. The van der Waals surface area contributed by atoms with Gasteiger partial charge >= 0.3 is 0 Å². The minimum atomic E-state index is 0.354. The molecule has 0 spiro atoms. The minimum Gasteiger partial charge on any atom is -0.373 e. The summed E-state index contributed by atoms with van der Waals surface area (Å²) in [5, 5.41) is 3.95. The molecule has 1 saturated carbocycles. The summed E-state index contributed by atoms with van der Waals surface area (Å²) >= 11 is 0. The van der Waals surface area contributed by atoms with E-state index >= 15 is 0 Å². The molecule has 1 aliphatic rings. The van der Waals surface area contributed by atoms with Crippen LogP contribution < -0.4 is 5.73 Å². The molecule has 2 atom stereocenters. The van der Waals surface area contributed by atoms with Crippen LogP contribution in [-0.2, 0) is 11.3 Å². The first-order valence-electron chi connectivity index (χ1n) is 6.45. The second-order valence-electron chi connectivity index (χ2n) is 4.63. The number of rotatable bonds is 6. The summed E-state index contributed by atoms with van der Waals surface area (Å²) in [6.07, 6.45) is 4.49. The van der Waals surface area contributed by atoms with E-state index in [1.54, 1.807) is 0 Å². The molecule has 0 amide bonds. The molecule has 2 unspecified atom stereocenters. The fourth-order valence-electron chi connectivity index (χ4n) is 2.43. The highest BCUT2D eigenvalue weighted by Crippen LogP contribution is 2.38. The summed E-state index contributed by atoms with van der Waals surface area (Å²) in [5.41, 5.74) is 5.75. The van der Waals surface area contributed by atoms with E-state index in [1.807, 2.05) is 0 Å². The molecule has 2 N–H and O–H groups in total. The van der Waals surface area contributed by atoms with E-state index in [0.29, 0.717) is 30.8 Å². The maximum absolute atomic E-state index is 5.75. The monoisotopic (exact) mass is 239 g/mol. The Morgan fingerprint density at radius 2 is 2.35 bits per heavy atom. The van der Waals surface area contributed by atoms with Gasteiger partial charge in [-0.3, -0.25) is 0 Å². The van der Waals surface area contributed by atoms with E-state index in [4.69, 9.17) is 15.0 Å². The Labute approximate surface area is 102 Å². The molecule has 5 heteroatoms. The van der Waals surface area contributed by atoms with Crippen LogP contribution in [0.15, 0.2) is 4.52 Å². The van der Waals surface area contributed by atoms with Crippen molar-refractivity contribution in [2.75, 3.05) is 13.2 Å². The first-order chi connectivity index (χ1) is 8.35. The largest absolute Gasteiger partial charge is 0.373 e. The van der Waals surface area contributed by atoms with Gasteiger partial charge in [0.15, 0.2) is 5.82 Å². The van der Waals surface area contributed by atoms with Crippen LogP contribution in [0.4, 0.5) is 0 Å². The fourth-order valence-corrected chi connectivity index (χ4v) is 2.43. The van der Waals surface area contributed by atoms with Crippen molar-refractivity contribution < 1.29 is 9.26 Å². The Morgan fingerprint density at radius 3 is 3.12 bits per heavy atom. The van der Waals surface area contributed by atoms with Crippen LogP contribution >= 0.6 is 0 Å². The molecule has 5 nitrogen and oxygen atoms in total. The van der Waals surface area contributed by atoms with Crippen molar-refractivity contribution in [3.05, 3.63) is 11.7 Å². The molecule has 1 fully saturated rings. The highest BCUT2D eigenvalue weighted by Gasteiger charge is 2.31. The predicted octanol–water partition coefficient (Wildman–Crippen LogP) is 1.84. The Kier molecular flexibility index (Phi) is 4.50. The first-order valence-corrected chi connectivity index (χ1v) is 6.45. The average molecular weight is 239 g/mol. The molecule has 1 aromatic rings. The van der Waals surface area contributed by atoms with Crippen molar-refractivity contribution in [1.82, 2.24) is 10.1 Å². The number of aromatic nitrogens is 2. The van der Waals surface area contributed by atoms with Gasteiger partial charge in [-0.1, -0.05) is 18.5 Å². The lowest BCUT2D eigenvalue weighted by Gasteiger charge is -2.12. The van der Waals surface area contributed by atoms with E-state index in [9.17, 15) is 0 Å². The third-order valence-electron chi connectivity index (χ3n) is 3.34. The van der Waals surface area contributed by atoms with Gasteiger partial charge in [0.25, 0.3) is 0 Å². The highest BCUT2D eigenvalue weighted by atomic mass is 16.5. The van der Waals surface area contributed by atoms with Crippen LogP contribution in [0.2, 0.25) is 0 Å². The molecule has 0 saturated heterocycles. The Morgan fingerprint density at radius 1 is 1.47 bits per heavy atom. The molecule has 1 aliphatic carbocycles. The molecule has 0 aliphatic heterocycles. The van der Waals surface area contributed by atoms with Gasteiger partial charge in [0.1, 0.15) is 6.61 Å². The molecule has 17 heavy (non-hydrogen) atoms. The van der Waals surface area contributed by atoms with E-state index in [0.717, 1.165) is 25.3 Å². The summed E-state index contributed by atoms with van der Waals surface area (Å²) in [7, 11) is 0. The molecular formula is C12H21N3O2. The molecule has 1 heterocycles. The van der Waals surface area contributed by atoms with Crippen molar-refractivity contribution in [1.29, 1.82) is 0 Å². The third-order valence-corrected chi connectivity index (χ3v) is 3.34. The van der Waals surface area contributed by atoms with Crippen LogP contribution in [0, 0.1) is 5.92 Å². The summed E-state index contributed by atoms with van der Waals surface area (Å²) in [5.74, 6) is 2.25. The normalized spacial score (nSPS) is 24.4. The zero-order chi connectivity index (χ0) is 12.1. The molecular weight excluding hydrogens is 218 g/mol. The van der Waals surface area contributed by atoms with Crippen molar-refractivity contribution in [2.45, 2.75) is 45.1 Å². The van der Waals surface area contributed by atoms with Crippen LogP contribution in [0.1, 0.15) is 50.2 Å². The van der Waals surface area contributed by atoms with Gasteiger partial charge in [0, 0.05) is 12.5 Å². The van der Waals surface area contributed by atoms with E-state index in [-0.39, 0.29) is 0 Å². The van der Waals surface area contributed by atoms with Gasteiger partial charge in [0.2, 0.25) is 5.89 Å². The van der Waals surface area contributed by atoms with Gasteiger partial charge in [-0.05, 0) is 31.7 Å². The van der Waals surface area contributed by atoms with E-state index in [1.165, 1.54) is 12.8 Å². The SMILES string of the molecule is CCCOCc1noc(C2CCCC2CN)n1. The molecule has 2 rings (SSSR count). The van der Waals surface area contributed by atoms with Crippen LogP contribution in [0.3, 0.4) is 0 Å². The first kappa shape index (κ1) is 12.5. The molecule has 1 aromatic heterocycles. The van der Waals surface area contributed by atoms with Crippen molar-refractivity contribution >= 4 is 0 Å². The van der Waals surface area contributed by atoms with E-state index in [2.05, 4.69) is 17.1 Å². The quantitative estimate of drug-likeness (QED) is 0.767. The van der Waals surface area contributed by atoms with Gasteiger partial charge in [-0.25, -0.2) is 0 Å². The zero-order valence-electron chi connectivity index (χ0n) is 10.4. The van der Waals surface area contributed by atoms with Gasteiger partial charge in [-0.2, -0.15) is 4.98 Å². The molecule has 96 valence electrons. The number of hydrogen-bond donors (Lipinski definition) is 1. The number of hydrogen-bond acceptors (Lipinski definition) is 5. The van der Waals surface area contributed by atoms with Gasteiger partial charge in [-0.15, -0.1) is 0 Å². The standard InChI is InChI=1S/C12H21N3O2/c1-2-6-16-8-11-14-12(17-15-11)10-5-3-4-9(10)7-13/h9-10H,2-8,13H2,1H3. The lowest BCUT2D eigenvalue weighted by molar-refractivity contribution is 0.114. The smallest absolute Gasteiger partial charge is 0.230 e. The third kappa shape index (κ3) is 3.04. The van der Waals surface area contributed by atoms with Crippen LogP contribution in [0.5, 0.6) is 0 Å². The molecule has 0 aromatic carbocycles. The number of nitrogens with two attached hydrogens (primary N) is 1. The summed E-state index contributed by atoms with van der Waals surface area (Å²) in [6.45, 7) is 3.96. The predicted molar refractivity (Wildman–Crippen MR) is 63.4 cm³/mol. The number of nitrogens with zero attached hydrogens (tertiary/aromatic N) is 2. The zero-order valence-corrected chi connectivity index (χ0v) is 10.4. The lowest BCUT2D eigenvalue weighted by Crippen LogP contribution is -2.17. The summed E-state index contributed by atoms with van der Waals surface area (Å²) in [6, 6.07) is 0. The Balaban J connectivity index is 1.93. The van der Waals surface area contributed by atoms with Crippen molar-refractivity contribution in [3.8, 4) is 0 Å². The highest BCUT2D eigenvalue weighted by molar-refractivity contribution is 5.00. The fraction of sp³-hybridized carbons (Fsp3) is 0.833. The van der Waals surface area contributed by atoms with Gasteiger partial charge < -0.3 is 15.0 Å². The maximum Gasteiger partial charge on any atom is 0.230 e. The van der Waals surface area contributed by atoms with Crippen molar-refractivity contribution in [3.63, 3.8) is 0 Å². The topological polar surface area (TPSA) is 74.2 Å². The van der Waals surface area contributed by atoms with E-state index < -0.39 is 0 Å². The van der Waals surface area contributed by atoms with Crippen LogP contribution in [-0.4, -0.2) is 23.3 Å². The summed E-state index contributed by atoms with van der Waals surface area (Å²) in [4.78, 5) is 4.40. The maximum atomic E-state index is 5.75. The molecule has 0 bridgehead atoms. The average Bonchev–Trinajstić information content (AvgIpc) is 2.96. The van der Waals surface area contributed by atoms with Crippen molar-refractivity contribution in [2.24, 2.45) is 11.7 Å². The lowest BCUT2D eigenvalue weighted by atomic mass is 9.96. The van der Waals surface area contributed by atoms with Crippen LogP contribution in [0.25, 0.3) is 0 Å².